The zero-order valence-corrected chi connectivity index (χ0v) is 18.4. The van der Waals surface area contributed by atoms with E-state index in [4.69, 9.17) is 11.6 Å². The maximum atomic E-state index is 12.1. The lowest BCUT2D eigenvalue weighted by Gasteiger charge is -2.34. The minimum Gasteiger partial charge on any atom is -0.360 e. The van der Waals surface area contributed by atoms with Crippen molar-refractivity contribution in [2.24, 2.45) is 0 Å². The van der Waals surface area contributed by atoms with Crippen molar-refractivity contribution >= 4 is 29.0 Å². The Hall–Kier alpha value is -2.24. The molecule has 1 aliphatic heterocycles. The number of carbonyl (C=O) groups is 1. The van der Waals surface area contributed by atoms with Crippen molar-refractivity contribution < 1.29 is 9.69 Å². The van der Waals surface area contributed by atoms with Crippen LogP contribution in [-0.4, -0.2) is 45.3 Å². The van der Waals surface area contributed by atoms with E-state index in [0.29, 0.717) is 11.6 Å². The van der Waals surface area contributed by atoms with Crippen LogP contribution in [0.4, 0.5) is 16.2 Å². The number of benzene rings is 2. The normalized spacial score (nSPS) is 14.7. The Kier molecular flexibility index (Phi) is 7.40. The van der Waals surface area contributed by atoms with Crippen molar-refractivity contribution in [1.82, 2.24) is 5.32 Å². The van der Waals surface area contributed by atoms with Gasteiger partial charge in [0.15, 0.2) is 0 Å². The van der Waals surface area contributed by atoms with Gasteiger partial charge < -0.3 is 20.4 Å². The summed E-state index contributed by atoms with van der Waals surface area (Å²) >= 11 is 6.00. The molecule has 29 heavy (non-hydrogen) atoms. The van der Waals surface area contributed by atoms with Gasteiger partial charge in [-0.1, -0.05) is 29.8 Å². The predicted octanol–water partition coefficient (Wildman–Crippen LogP) is 3.18. The van der Waals surface area contributed by atoms with Gasteiger partial charge in [-0.05, 0) is 55.7 Å². The molecule has 5 nitrogen and oxygen atoms in total. The molecule has 0 aromatic heterocycles. The first kappa shape index (κ1) is 21.5. The van der Waals surface area contributed by atoms with Crippen molar-refractivity contribution in [2.45, 2.75) is 27.2 Å². The molecule has 0 atom stereocenters. The van der Waals surface area contributed by atoms with Gasteiger partial charge in [0.05, 0.1) is 32.7 Å². The monoisotopic (exact) mass is 415 g/mol. The molecule has 0 radical (unpaired) electrons. The van der Waals surface area contributed by atoms with Crippen LogP contribution in [-0.2, 0) is 0 Å². The van der Waals surface area contributed by atoms with E-state index in [1.807, 2.05) is 19.1 Å². The minimum absolute atomic E-state index is 0.176. The standard InChI is InChI=1S/C23H31ClN4O/c1-17-5-6-19(3)22(15-17)28-13-11-27(12-14-28)10-4-9-25-23(29)26-21-16-20(24)8-7-18(21)2/h5-8,15-16H,4,9-14H2,1-3H3,(H2,25,26,29)/p+1. The van der Waals surface area contributed by atoms with Gasteiger partial charge in [0.25, 0.3) is 0 Å². The number of amides is 2. The summed E-state index contributed by atoms with van der Waals surface area (Å²) in [4.78, 5) is 16.2. The van der Waals surface area contributed by atoms with Crippen LogP contribution in [0.3, 0.4) is 0 Å². The number of nitrogens with zero attached hydrogens (tertiary/aromatic N) is 1. The molecule has 2 aromatic carbocycles. The smallest absolute Gasteiger partial charge is 0.319 e. The van der Waals surface area contributed by atoms with Gasteiger partial charge in [0.1, 0.15) is 0 Å². The first-order chi connectivity index (χ1) is 13.9. The quantitative estimate of drug-likeness (QED) is 0.634. The van der Waals surface area contributed by atoms with Crippen LogP contribution >= 0.6 is 11.6 Å². The first-order valence-corrected chi connectivity index (χ1v) is 10.8. The van der Waals surface area contributed by atoms with Gasteiger partial charge in [0, 0.05) is 29.4 Å². The summed E-state index contributed by atoms with van der Waals surface area (Å²) in [5, 5.41) is 6.44. The number of quaternary nitrogens is 1. The fourth-order valence-corrected chi connectivity index (χ4v) is 3.98. The average molecular weight is 416 g/mol. The summed E-state index contributed by atoms with van der Waals surface area (Å²) in [5.74, 6) is 0. The second kappa shape index (κ2) is 9.99. The maximum Gasteiger partial charge on any atom is 0.319 e. The predicted molar refractivity (Wildman–Crippen MR) is 122 cm³/mol. The van der Waals surface area contributed by atoms with Crippen molar-refractivity contribution in [1.29, 1.82) is 0 Å². The van der Waals surface area contributed by atoms with E-state index in [2.05, 4.69) is 47.6 Å². The Morgan fingerprint density at radius 1 is 1.07 bits per heavy atom. The summed E-state index contributed by atoms with van der Waals surface area (Å²) in [6.45, 7) is 12.5. The van der Waals surface area contributed by atoms with Gasteiger partial charge in [-0.15, -0.1) is 0 Å². The van der Waals surface area contributed by atoms with Crippen molar-refractivity contribution in [2.75, 3.05) is 49.5 Å². The van der Waals surface area contributed by atoms with E-state index >= 15 is 0 Å². The molecule has 3 N–H and O–H groups in total. The first-order valence-electron chi connectivity index (χ1n) is 10.4. The van der Waals surface area contributed by atoms with Crippen LogP contribution in [0.5, 0.6) is 0 Å². The molecule has 0 aliphatic carbocycles. The molecule has 1 saturated heterocycles. The van der Waals surface area contributed by atoms with Crippen molar-refractivity contribution in [3.8, 4) is 0 Å². The van der Waals surface area contributed by atoms with Gasteiger partial charge in [-0.3, -0.25) is 0 Å². The fourth-order valence-electron chi connectivity index (χ4n) is 3.81. The second-order valence-corrected chi connectivity index (χ2v) is 8.41. The molecule has 0 saturated carbocycles. The molecule has 3 rings (SSSR count). The Morgan fingerprint density at radius 3 is 2.55 bits per heavy atom. The van der Waals surface area contributed by atoms with Crippen LogP contribution in [0.15, 0.2) is 36.4 Å². The lowest BCUT2D eigenvalue weighted by atomic mass is 10.1. The summed E-state index contributed by atoms with van der Waals surface area (Å²) in [5.41, 5.74) is 5.79. The van der Waals surface area contributed by atoms with Gasteiger partial charge in [-0.25, -0.2) is 4.79 Å². The Morgan fingerprint density at radius 2 is 1.79 bits per heavy atom. The Labute approximate surface area is 179 Å². The lowest BCUT2D eigenvalue weighted by molar-refractivity contribution is -0.900. The molecule has 1 heterocycles. The Bertz CT molecular complexity index is 847. The third kappa shape index (κ3) is 6.12. The molecule has 0 unspecified atom stereocenters. The second-order valence-electron chi connectivity index (χ2n) is 7.97. The van der Waals surface area contributed by atoms with E-state index < -0.39 is 0 Å². The molecule has 2 amide bonds. The van der Waals surface area contributed by atoms with Gasteiger partial charge in [-0.2, -0.15) is 0 Å². The molecule has 1 aliphatic rings. The number of urea groups is 1. The maximum absolute atomic E-state index is 12.1. The van der Waals surface area contributed by atoms with Crippen LogP contribution in [0.2, 0.25) is 5.02 Å². The number of carbonyl (C=O) groups excluding carboxylic acids is 1. The summed E-state index contributed by atoms with van der Waals surface area (Å²) in [6.07, 6.45) is 0.973. The van der Waals surface area contributed by atoms with Crippen LogP contribution < -0.4 is 20.4 Å². The van der Waals surface area contributed by atoms with Crippen molar-refractivity contribution in [3.05, 3.63) is 58.1 Å². The number of hydrogen-bond donors (Lipinski definition) is 3. The molecule has 2 aromatic rings. The van der Waals surface area contributed by atoms with Crippen LogP contribution in [0.1, 0.15) is 23.1 Å². The third-order valence-corrected chi connectivity index (χ3v) is 5.85. The molecule has 156 valence electrons. The van der Waals surface area contributed by atoms with E-state index in [1.165, 1.54) is 16.8 Å². The van der Waals surface area contributed by atoms with E-state index in [-0.39, 0.29) is 6.03 Å². The fraction of sp³-hybridized carbons (Fsp3) is 0.435. The number of rotatable bonds is 6. The highest BCUT2D eigenvalue weighted by atomic mass is 35.5. The lowest BCUT2D eigenvalue weighted by Crippen LogP contribution is -3.15. The van der Waals surface area contributed by atoms with E-state index in [1.54, 1.807) is 11.0 Å². The molecule has 0 bridgehead atoms. The number of hydrogen-bond acceptors (Lipinski definition) is 2. The summed E-state index contributed by atoms with van der Waals surface area (Å²) in [6, 6.07) is 12.0. The largest absolute Gasteiger partial charge is 0.360 e. The average Bonchev–Trinajstić information content (AvgIpc) is 2.70. The number of piperazine rings is 1. The third-order valence-electron chi connectivity index (χ3n) is 5.62. The highest BCUT2D eigenvalue weighted by Crippen LogP contribution is 2.21. The van der Waals surface area contributed by atoms with E-state index in [9.17, 15) is 4.79 Å². The highest BCUT2D eigenvalue weighted by molar-refractivity contribution is 6.31. The number of anilines is 2. The zero-order chi connectivity index (χ0) is 20.8. The summed E-state index contributed by atoms with van der Waals surface area (Å²) in [7, 11) is 0. The molecular weight excluding hydrogens is 384 g/mol. The van der Waals surface area contributed by atoms with Gasteiger partial charge >= 0.3 is 6.03 Å². The van der Waals surface area contributed by atoms with Crippen molar-refractivity contribution in [3.63, 3.8) is 0 Å². The molecule has 0 spiro atoms. The topological polar surface area (TPSA) is 48.8 Å². The van der Waals surface area contributed by atoms with Gasteiger partial charge in [0.2, 0.25) is 0 Å². The number of nitrogens with one attached hydrogen (secondary N) is 3. The summed E-state index contributed by atoms with van der Waals surface area (Å²) < 4.78 is 0. The van der Waals surface area contributed by atoms with Crippen LogP contribution in [0.25, 0.3) is 0 Å². The highest BCUT2D eigenvalue weighted by Gasteiger charge is 2.20. The zero-order valence-electron chi connectivity index (χ0n) is 17.6. The molecule has 1 fully saturated rings. The minimum atomic E-state index is -0.176. The number of halogens is 1. The van der Waals surface area contributed by atoms with E-state index in [0.717, 1.165) is 50.4 Å². The SMILES string of the molecule is Cc1ccc(C)c(N2CC[NH+](CCCNC(=O)Nc3cc(Cl)ccc3C)CC2)c1. The molecular formula is C23H32ClN4O+. The Balaban J connectivity index is 1.36. The number of aryl methyl sites for hydroxylation is 3. The van der Waals surface area contributed by atoms with Crippen LogP contribution in [0, 0.1) is 20.8 Å². The molecule has 6 heteroatoms.